The third-order valence-corrected chi connectivity index (χ3v) is 6.76. The molecule has 0 radical (unpaired) electrons. The predicted molar refractivity (Wildman–Crippen MR) is 89.8 cm³/mol. The van der Waals surface area contributed by atoms with E-state index in [-0.39, 0.29) is 0 Å². The van der Waals surface area contributed by atoms with Gasteiger partial charge in [-0.2, -0.15) is 0 Å². The van der Waals surface area contributed by atoms with Crippen LogP contribution in [0.1, 0.15) is 26.7 Å². The maximum Gasteiger partial charge on any atom is 0.321 e. The van der Waals surface area contributed by atoms with Crippen molar-refractivity contribution in [2.24, 2.45) is 0 Å². The predicted octanol–water partition coefficient (Wildman–Crippen LogP) is 2.62. The fourth-order valence-electron chi connectivity index (χ4n) is 1.74. The Hall–Kier alpha value is -0.446. The van der Waals surface area contributed by atoms with Gasteiger partial charge in [0.2, 0.25) is 0 Å². The van der Waals surface area contributed by atoms with E-state index in [1.54, 1.807) is 41.0 Å². The molecule has 21 heavy (non-hydrogen) atoms. The standard InChI is InChI=1S/C14H30O5Si2/c1-13(7-9-20(15-3)16-4)11-19-12-14(2)8-10-21(17-5)18-6/h11-12,20-21H,7-10H2,1-6H3. The Morgan fingerprint density at radius 1 is 0.714 bits per heavy atom. The molecule has 0 aromatic heterocycles. The van der Waals surface area contributed by atoms with Gasteiger partial charge in [-0.3, -0.25) is 0 Å². The molecule has 124 valence electrons. The van der Waals surface area contributed by atoms with Crippen LogP contribution in [0.2, 0.25) is 12.1 Å². The Bertz CT molecular complexity index is 282. The molecule has 0 aromatic carbocycles. The molecular weight excluding hydrogens is 304 g/mol. The third-order valence-electron chi connectivity index (χ3n) is 3.14. The van der Waals surface area contributed by atoms with Crippen molar-refractivity contribution in [1.29, 1.82) is 0 Å². The van der Waals surface area contributed by atoms with E-state index in [0.29, 0.717) is 0 Å². The average molecular weight is 335 g/mol. The van der Waals surface area contributed by atoms with E-state index >= 15 is 0 Å². The minimum atomic E-state index is -1.47. The molecule has 0 unspecified atom stereocenters. The molecular formula is C14H30O5Si2. The molecule has 0 aliphatic carbocycles. The van der Waals surface area contributed by atoms with Gasteiger partial charge in [0.05, 0.1) is 12.5 Å². The van der Waals surface area contributed by atoms with E-state index in [9.17, 15) is 0 Å². The summed E-state index contributed by atoms with van der Waals surface area (Å²) in [5, 5.41) is 0. The van der Waals surface area contributed by atoms with Gasteiger partial charge in [0.1, 0.15) is 0 Å². The summed E-state index contributed by atoms with van der Waals surface area (Å²) in [5.41, 5.74) is 2.37. The molecule has 0 aliphatic rings. The summed E-state index contributed by atoms with van der Waals surface area (Å²) in [6, 6.07) is 1.91. The molecule has 0 bridgehead atoms. The van der Waals surface area contributed by atoms with Gasteiger partial charge in [-0.15, -0.1) is 0 Å². The third kappa shape index (κ3) is 10.9. The SMILES string of the molecule is CO[SiH](CCC(C)=COC=C(C)CC[SiH](OC)OC)OC. The van der Waals surface area contributed by atoms with Crippen molar-refractivity contribution >= 4 is 18.6 Å². The van der Waals surface area contributed by atoms with Gasteiger partial charge in [0.25, 0.3) is 0 Å². The lowest BCUT2D eigenvalue weighted by Gasteiger charge is -2.11. The summed E-state index contributed by atoms with van der Waals surface area (Å²) in [6.45, 7) is 4.11. The van der Waals surface area contributed by atoms with Crippen LogP contribution in [0.25, 0.3) is 0 Å². The first kappa shape index (κ1) is 20.6. The van der Waals surface area contributed by atoms with Gasteiger partial charge >= 0.3 is 18.6 Å². The molecule has 7 heteroatoms. The van der Waals surface area contributed by atoms with E-state index in [1.807, 2.05) is 0 Å². The van der Waals surface area contributed by atoms with Gasteiger partial charge in [-0.1, -0.05) is 0 Å². The van der Waals surface area contributed by atoms with Gasteiger partial charge in [0, 0.05) is 28.4 Å². The van der Waals surface area contributed by atoms with E-state index in [2.05, 4.69) is 13.8 Å². The Morgan fingerprint density at radius 2 is 1.05 bits per heavy atom. The maximum absolute atomic E-state index is 5.50. The number of hydrogen-bond donors (Lipinski definition) is 0. The highest BCUT2D eigenvalue weighted by atomic mass is 28.3. The highest BCUT2D eigenvalue weighted by Gasteiger charge is 2.09. The lowest BCUT2D eigenvalue weighted by Crippen LogP contribution is -2.18. The summed E-state index contributed by atoms with van der Waals surface area (Å²) in [5.74, 6) is 0. The zero-order valence-electron chi connectivity index (χ0n) is 14.2. The first-order valence-corrected chi connectivity index (χ1v) is 10.7. The van der Waals surface area contributed by atoms with Crippen LogP contribution < -0.4 is 0 Å². The largest absolute Gasteiger partial charge is 0.473 e. The smallest absolute Gasteiger partial charge is 0.321 e. The molecule has 0 saturated heterocycles. The molecule has 0 rings (SSSR count). The molecule has 0 N–H and O–H groups in total. The van der Waals surface area contributed by atoms with Gasteiger partial charge in [0.15, 0.2) is 0 Å². The van der Waals surface area contributed by atoms with Crippen LogP contribution in [0, 0.1) is 0 Å². The fourth-order valence-corrected chi connectivity index (χ4v) is 4.45. The Kier molecular flexibility index (Phi) is 13.0. The monoisotopic (exact) mass is 334 g/mol. The number of hydrogen-bond acceptors (Lipinski definition) is 5. The summed E-state index contributed by atoms with van der Waals surface area (Å²) < 4.78 is 26.6. The molecule has 0 spiro atoms. The fraction of sp³-hybridized carbons (Fsp3) is 0.714. The highest BCUT2D eigenvalue weighted by molar-refractivity contribution is 6.44. The zero-order chi connectivity index (χ0) is 16.1. The highest BCUT2D eigenvalue weighted by Crippen LogP contribution is 2.11. The van der Waals surface area contributed by atoms with Gasteiger partial charge < -0.3 is 22.4 Å². The molecule has 0 saturated carbocycles. The summed E-state index contributed by atoms with van der Waals surface area (Å²) in [4.78, 5) is 0. The second-order valence-electron chi connectivity index (χ2n) is 4.94. The van der Waals surface area contributed by atoms with E-state index in [4.69, 9.17) is 22.4 Å². The Morgan fingerprint density at radius 3 is 1.33 bits per heavy atom. The molecule has 5 nitrogen and oxygen atoms in total. The summed E-state index contributed by atoms with van der Waals surface area (Å²) >= 11 is 0. The second-order valence-corrected chi connectivity index (χ2v) is 9.70. The first-order valence-electron chi connectivity index (χ1n) is 7.15. The van der Waals surface area contributed by atoms with Crippen molar-refractivity contribution in [3.8, 4) is 0 Å². The van der Waals surface area contributed by atoms with Crippen LogP contribution in [0.5, 0.6) is 0 Å². The van der Waals surface area contributed by atoms with E-state index in [1.165, 1.54) is 11.1 Å². The second kappa shape index (κ2) is 13.2. The van der Waals surface area contributed by atoms with Crippen LogP contribution in [-0.4, -0.2) is 47.0 Å². The van der Waals surface area contributed by atoms with Crippen LogP contribution in [0.4, 0.5) is 0 Å². The van der Waals surface area contributed by atoms with Crippen molar-refractivity contribution in [2.75, 3.05) is 28.4 Å². The van der Waals surface area contributed by atoms with Gasteiger partial charge in [-0.05, 0) is 49.9 Å². The number of ether oxygens (including phenoxy) is 1. The summed E-state index contributed by atoms with van der Waals surface area (Å²) in [7, 11) is 3.89. The van der Waals surface area contributed by atoms with Crippen molar-refractivity contribution in [1.82, 2.24) is 0 Å². The van der Waals surface area contributed by atoms with Crippen LogP contribution in [-0.2, 0) is 22.4 Å². The van der Waals surface area contributed by atoms with Crippen molar-refractivity contribution in [3.05, 3.63) is 23.7 Å². The van der Waals surface area contributed by atoms with Crippen LogP contribution in [0.3, 0.4) is 0 Å². The quantitative estimate of drug-likeness (QED) is 0.405. The first-order chi connectivity index (χ1) is 10.1. The minimum Gasteiger partial charge on any atom is -0.473 e. The summed E-state index contributed by atoms with van der Waals surface area (Å²) in [6.07, 6.45) is 5.46. The molecule has 0 aromatic rings. The average Bonchev–Trinajstić information content (AvgIpc) is 2.49. The molecule has 0 atom stereocenters. The molecule has 0 fully saturated rings. The number of rotatable bonds is 12. The Labute approximate surface area is 132 Å². The molecule has 0 heterocycles. The minimum absolute atomic E-state index is 0.938. The van der Waals surface area contributed by atoms with Crippen LogP contribution in [0.15, 0.2) is 23.7 Å². The zero-order valence-corrected chi connectivity index (χ0v) is 16.5. The van der Waals surface area contributed by atoms with Crippen molar-refractivity contribution in [2.45, 2.75) is 38.8 Å². The van der Waals surface area contributed by atoms with Crippen LogP contribution >= 0.6 is 0 Å². The number of allylic oxidation sites excluding steroid dienone is 2. The normalized spacial score (nSPS) is 13.3. The lowest BCUT2D eigenvalue weighted by molar-refractivity contribution is 0.277. The Balaban J connectivity index is 4.01. The lowest BCUT2D eigenvalue weighted by atomic mass is 10.2. The molecule has 0 aliphatic heterocycles. The van der Waals surface area contributed by atoms with Crippen molar-refractivity contribution < 1.29 is 22.4 Å². The van der Waals surface area contributed by atoms with Crippen molar-refractivity contribution in [3.63, 3.8) is 0 Å². The van der Waals surface area contributed by atoms with E-state index in [0.717, 1.165) is 24.9 Å². The van der Waals surface area contributed by atoms with E-state index < -0.39 is 18.6 Å². The maximum atomic E-state index is 5.50. The molecule has 0 amide bonds. The topological polar surface area (TPSA) is 46.2 Å². The van der Waals surface area contributed by atoms with Gasteiger partial charge in [-0.25, -0.2) is 0 Å².